The summed E-state index contributed by atoms with van der Waals surface area (Å²) in [5, 5.41) is 1.14. The highest BCUT2D eigenvalue weighted by Gasteiger charge is 2.09. The summed E-state index contributed by atoms with van der Waals surface area (Å²) in [7, 11) is 0. The summed E-state index contributed by atoms with van der Waals surface area (Å²) < 4.78 is 29.5. The Morgan fingerprint density at radius 3 is 2.60 bits per heavy atom. The van der Waals surface area contributed by atoms with Crippen LogP contribution in [0.2, 0.25) is 0 Å². The maximum atomic E-state index is 13.9. The summed E-state index contributed by atoms with van der Waals surface area (Å²) in [4.78, 5) is 13.2. The number of aromatic nitrogens is 1. The van der Waals surface area contributed by atoms with Gasteiger partial charge in [-0.1, -0.05) is 24.3 Å². The lowest BCUT2D eigenvalue weighted by Crippen LogP contribution is -2.19. The van der Waals surface area contributed by atoms with Crippen LogP contribution in [-0.4, -0.2) is 4.57 Å². The molecular weight excluding hydrogens is 340 g/mol. The van der Waals surface area contributed by atoms with E-state index in [2.05, 4.69) is 6.07 Å². The molecule has 0 atom stereocenters. The van der Waals surface area contributed by atoms with Gasteiger partial charge in [0.15, 0.2) is 0 Å². The monoisotopic (exact) mass is 353 g/mol. The summed E-state index contributed by atoms with van der Waals surface area (Å²) in [5.41, 5.74) is 0.939. The number of hydrogen-bond donors (Lipinski definition) is 0. The number of rotatable bonds is 3. The van der Waals surface area contributed by atoms with Crippen LogP contribution in [0, 0.1) is 11.6 Å². The standard InChI is InChI=1S/C20H13F2NOS/c21-16-7-5-14(17(22)10-16)11-23-12-15(6-8-20(23)24)19-9-13-3-1-2-4-18(13)25-19/h1-10,12H,11H2. The molecule has 0 fully saturated rings. The molecule has 0 aliphatic carbocycles. The number of benzene rings is 2. The molecule has 2 nitrogen and oxygen atoms in total. The Bertz CT molecular complexity index is 1100. The highest BCUT2D eigenvalue weighted by Crippen LogP contribution is 2.32. The van der Waals surface area contributed by atoms with E-state index >= 15 is 0 Å². The maximum Gasteiger partial charge on any atom is 0.250 e. The molecule has 0 N–H and O–H groups in total. The fourth-order valence-electron chi connectivity index (χ4n) is 2.76. The highest BCUT2D eigenvalue weighted by atomic mass is 32.1. The Labute approximate surface area is 146 Å². The average Bonchev–Trinajstić information content (AvgIpc) is 3.03. The lowest BCUT2D eigenvalue weighted by Gasteiger charge is -2.08. The van der Waals surface area contributed by atoms with Gasteiger partial charge in [0.25, 0.3) is 5.56 Å². The minimum absolute atomic E-state index is 0.0592. The average molecular weight is 353 g/mol. The van der Waals surface area contributed by atoms with Crippen molar-refractivity contribution >= 4 is 21.4 Å². The predicted molar refractivity (Wildman–Crippen MR) is 97.0 cm³/mol. The minimum atomic E-state index is -0.654. The van der Waals surface area contributed by atoms with Crippen LogP contribution in [0.1, 0.15) is 5.56 Å². The lowest BCUT2D eigenvalue weighted by molar-refractivity contribution is 0.564. The van der Waals surface area contributed by atoms with Gasteiger partial charge >= 0.3 is 0 Å². The molecule has 0 bridgehead atoms. The molecule has 0 aliphatic rings. The first-order valence-electron chi connectivity index (χ1n) is 7.73. The zero-order valence-electron chi connectivity index (χ0n) is 13.1. The van der Waals surface area contributed by atoms with E-state index in [4.69, 9.17) is 0 Å². The number of fused-ring (bicyclic) bond motifs is 1. The molecule has 4 aromatic rings. The number of nitrogens with zero attached hydrogens (tertiary/aromatic N) is 1. The van der Waals surface area contributed by atoms with Gasteiger partial charge in [0.05, 0.1) is 6.54 Å². The largest absolute Gasteiger partial charge is 0.310 e. The molecule has 5 heteroatoms. The predicted octanol–water partition coefficient (Wildman–Crippen LogP) is 5.06. The molecule has 0 aliphatic heterocycles. The lowest BCUT2D eigenvalue weighted by atomic mass is 10.2. The molecule has 2 aromatic carbocycles. The van der Waals surface area contributed by atoms with Crippen molar-refractivity contribution in [2.24, 2.45) is 0 Å². The molecule has 25 heavy (non-hydrogen) atoms. The molecule has 0 amide bonds. The molecule has 0 radical (unpaired) electrons. The van der Waals surface area contributed by atoms with E-state index in [1.54, 1.807) is 23.6 Å². The Kier molecular flexibility index (Phi) is 3.93. The first kappa shape index (κ1) is 15.7. The smallest absolute Gasteiger partial charge is 0.250 e. The molecule has 2 aromatic heterocycles. The second-order valence-electron chi connectivity index (χ2n) is 5.77. The summed E-state index contributed by atoms with van der Waals surface area (Å²) in [6.45, 7) is 0.0592. The maximum absolute atomic E-state index is 13.9. The van der Waals surface area contributed by atoms with E-state index in [0.29, 0.717) is 0 Å². The number of thiophene rings is 1. The van der Waals surface area contributed by atoms with Crippen LogP contribution >= 0.6 is 11.3 Å². The molecule has 0 spiro atoms. The van der Waals surface area contributed by atoms with Gasteiger partial charge in [0.1, 0.15) is 11.6 Å². The normalized spacial score (nSPS) is 11.1. The van der Waals surface area contributed by atoms with E-state index in [1.165, 1.54) is 27.5 Å². The van der Waals surface area contributed by atoms with Crippen molar-refractivity contribution in [3.05, 3.63) is 94.4 Å². The van der Waals surface area contributed by atoms with Crippen molar-refractivity contribution in [1.82, 2.24) is 4.57 Å². The summed E-state index contributed by atoms with van der Waals surface area (Å²) in [5.74, 6) is -1.29. The molecule has 2 heterocycles. The fourth-order valence-corrected chi connectivity index (χ4v) is 3.81. The van der Waals surface area contributed by atoms with Crippen LogP contribution in [0.5, 0.6) is 0 Å². The Morgan fingerprint density at radius 1 is 0.960 bits per heavy atom. The minimum Gasteiger partial charge on any atom is -0.310 e. The van der Waals surface area contributed by atoms with Gasteiger partial charge in [0.2, 0.25) is 0 Å². The van der Waals surface area contributed by atoms with Crippen molar-refractivity contribution in [2.75, 3.05) is 0 Å². The fraction of sp³-hybridized carbons (Fsp3) is 0.0500. The molecule has 4 rings (SSSR count). The first-order valence-corrected chi connectivity index (χ1v) is 8.55. The van der Waals surface area contributed by atoms with Crippen molar-refractivity contribution in [1.29, 1.82) is 0 Å². The van der Waals surface area contributed by atoms with Crippen molar-refractivity contribution in [2.45, 2.75) is 6.54 Å². The molecule has 124 valence electrons. The van der Waals surface area contributed by atoms with Crippen LogP contribution in [0.3, 0.4) is 0 Å². The van der Waals surface area contributed by atoms with Crippen molar-refractivity contribution in [3.63, 3.8) is 0 Å². The van der Waals surface area contributed by atoms with Crippen LogP contribution in [0.25, 0.3) is 20.5 Å². The number of halogens is 2. The second-order valence-corrected chi connectivity index (χ2v) is 6.85. The van der Waals surface area contributed by atoms with Gasteiger partial charge in [-0.15, -0.1) is 11.3 Å². The van der Waals surface area contributed by atoms with Crippen LogP contribution in [-0.2, 0) is 6.54 Å². The van der Waals surface area contributed by atoms with Gasteiger partial charge in [-0.3, -0.25) is 4.79 Å². The van der Waals surface area contributed by atoms with Gasteiger partial charge in [0, 0.05) is 39.0 Å². The van der Waals surface area contributed by atoms with E-state index in [9.17, 15) is 13.6 Å². The van der Waals surface area contributed by atoms with Gasteiger partial charge in [-0.25, -0.2) is 8.78 Å². The van der Waals surface area contributed by atoms with Crippen molar-refractivity contribution < 1.29 is 8.78 Å². The molecule has 0 saturated heterocycles. The first-order chi connectivity index (χ1) is 12.1. The molecule has 0 unspecified atom stereocenters. The molecular formula is C20H13F2NOS. The van der Waals surface area contributed by atoms with Gasteiger partial charge in [-0.05, 0) is 29.7 Å². The van der Waals surface area contributed by atoms with E-state index < -0.39 is 11.6 Å². The highest BCUT2D eigenvalue weighted by molar-refractivity contribution is 7.22. The third-order valence-corrected chi connectivity index (χ3v) is 5.21. The van der Waals surface area contributed by atoms with Crippen LogP contribution in [0.15, 0.2) is 71.7 Å². The van der Waals surface area contributed by atoms with E-state index in [1.807, 2.05) is 24.3 Å². The quantitative estimate of drug-likeness (QED) is 0.505. The van der Waals surface area contributed by atoms with Gasteiger partial charge < -0.3 is 4.57 Å². The molecule has 0 saturated carbocycles. The Hall–Kier alpha value is -2.79. The Balaban J connectivity index is 1.74. The third-order valence-electron chi connectivity index (χ3n) is 4.05. The van der Waals surface area contributed by atoms with E-state index in [-0.39, 0.29) is 17.7 Å². The summed E-state index contributed by atoms with van der Waals surface area (Å²) in [6.07, 6.45) is 1.72. The van der Waals surface area contributed by atoms with Crippen molar-refractivity contribution in [3.8, 4) is 10.4 Å². The summed E-state index contributed by atoms with van der Waals surface area (Å²) >= 11 is 1.64. The zero-order valence-corrected chi connectivity index (χ0v) is 13.9. The topological polar surface area (TPSA) is 22.0 Å². The number of hydrogen-bond acceptors (Lipinski definition) is 2. The Morgan fingerprint density at radius 2 is 1.80 bits per heavy atom. The van der Waals surface area contributed by atoms with E-state index in [0.717, 1.165) is 21.9 Å². The SMILES string of the molecule is O=c1ccc(-c2cc3ccccc3s2)cn1Cc1ccc(F)cc1F. The third kappa shape index (κ3) is 3.10. The number of pyridine rings is 1. The van der Waals surface area contributed by atoms with Crippen LogP contribution in [0.4, 0.5) is 8.78 Å². The summed E-state index contributed by atoms with van der Waals surface area (Å²) in [6, 6.07) is 16.8. The zero-order chi connectivity index (χ0) is 17.4. The van der Waals surface area contributed by atoms with Gasteiger partial charge in [-0.2, -0.15) is 0 Å². The second kappa shape index (κ2) is 6.26. The van der Waals surface area contributed by atoms with Crippen LogP contribution < -0.4 is 5.56 Å².